The van der Waals surface area contributed by atoms with Crippen LogP contribution in [0.2, 0.25) is 0 Å². The summed E-state index contributed by atoms with van der Waals surface area (Å²) in [7, 11) is 0. The minimum Gasteiger partial charge on any atom is -0.299 e. The van der Waals surface area contributed by atoms with Gasteiger partial charge in [0.25, 0.3) is 0 Å². The molecule has 0 saturated carbocycles. The van der Waals surface area contributed by atoms with Gasteiger partial charge in [0.15, 0.2) is 0 Å². The van der Waals surface area contributed by atoms with Gasteiger partial charge in [0, 0.05) is 5.92 Å². The third kappa shape index (κ3) is 3.76. The molecule has 0 unspecified atom stereocenters. The monoisotopic (exact) mass is 198 g/mol. The number of rotatable bonds is 4. The molecule has 0 fully saturated rings. The van der Waals surface area contributed by atoms with E-state index < -0.39 is 29.3 Å². The van der Waals surface area contributed by atoms with E-state index in [2.05, 4.69) is 11.6 Å². The first-order valence-corrected chi connectivity index (χ1v) is 3.75. The summed E-state index contributed by atoms with van der Waals surface area (Å²) in [6.45, 7) is 3.06. The molecule has 70 valence electrons. The summed E-state index contributed by atoms with van der Waals surface area (Å²) >= 11 is 4.40. The number of hydrogen-bond donors (Lipinski definition) is 0. The average molecular weight is 199 g/mol. The smallest absolute Gasteiger partial charge is 0.299 e. The molecule has 0 saturated heterocycles. The van der Waals surface area contributed by atoms with E-state index in [0.717, 1.165) is 0 Å². The maximum absolute atomic E-state index is 12.0. The number of carbonyl (C=O) groups excluding carboxylic acids is 2. The van der Waals surface area contributed by atoms with E-state index in [1.54, 1.807) is 0 Å². The van der Waals surface area contributed by atoms with Crippen molar-refractivity contribution in [3.8, 4) is 0 Å². The Morgan fingerprint density at radius 1 is 1.42 bits per heavy atom. The number of halogens is 3. The highest BCUT2D eigenvalue weighted by molar-refractivity contribution is 6.33. The van der Waals surface area contributed by atoms with E-state index in [-0.39, 0.29) is 0 Å². The summed E-state index contributed by atoms with van der Waals surface area (Å²) in [6, 6.07) is 0. The predicted octanol–water partition coefficient (Wildman–Crippen LogP) is 2.00. The van der Waals surface area contributed by atoms with Gasteiger partial charge < -0.3 is 0 Å². The molecule has 0 radical (unpaired) electrons. The van der Waals surface area contributed by atoms with E-state index in [1.165, 1.54) is 13.8 Å². The van der Waals surface area contributed by atoms with Crippen LogP contribution in [0.15, 0.2) is 0 Å². The second-order valence-corrected chi connectivity index (χ2v) is 3.19. The Kier molecular flexibility index (Phi) is 3.77. The molecule has 0 heterocycles. The number of Topliss-reactive ketones (excluding diaryl/α,β-unsaturated/α-hetero) is 2. The lowest BCUT2D eigenvalue weighted by Gasteiger charge is -2.06. The number of alkyl halides is 3. The minimum atomic E-state index is -3.91. The van der Waals surface area contributed by atoms with Crippen molar-refractivity contribution in [1.82, 2.24) is 0 Å². The lowest BCUT2D eigenvalue weighted by Crippen LogP contribution is -2.25. The second-order valence-electron chi connectivity index (χ2n) is 2.72. The first-order valence-electron chi connectivity index (χ1n) is 3.38. The summed E-state index contributed by atoms with van der Waals surface area (Å²) in [5.74, 6) is -2.49. The van der Waals surface area contributed by atoms with Gasteiger partial charge in [0.05, 0.1) is 6.42 Å². The van der Waals surface area contributed by atoms with Crippen molar-refractivity contribution in [2.24, 2.45) is 5.92 Å². The van der Waals surface area contributed by atoms with Gasteiger partial charge in [-0.2, -0.15) is 8.78 Å². The predicted molar refractivity (Wildman–Crippen MR) is 40.3 cm³/mol. The fourth-order valence-corrected chi connectivity index (χ4v) is 0.529. The highest BCUT2D eigenvalue weighted by Crippen LogP contribution is 2.22. The molecule has 0 aromatic heterocycles. The molecule has 0 aliphatic carbocycles. The van der Waals surface area contributed by atoms with Gasteiger partial charge in [-0.15, -0.1) is 0 Å². The lowest BCUT2D eigenvalue weighted by molar-refractivity contribution is -0.138. The maximum atomic E-state index is 12.0. The highest BCUT2D eigenvalue weighted by atomic mass is 35.5. The van der Waals surface area contributed by atoms with E-state index in [0.29, 0.717) is 0 Å². The zero-order valence-corrected chi connectivity index (χ0v) is 7.49. The van der Waals surface area contributed by atoms with Gasteiger partial charge >= 0.3 is 5.38 Å². The SMILES string of the molecule is CC(C)C(=O)CC(=O)C(F)(F)Cl. The quantitative estimate of drug-likeness (QED) is 0.512. The van der Waals surface area contributed by atoms with Crippen molar-refractivity contribution in [2.75, 3.05) is 0 Å². The Hall–Kier alpha value is -0.510. The molecule has 5 heteroatoms. The largest absolute Gasteiger partial charge is 0.380 e. The third-order valence-corrected chi connectivity index (χ3v) is 1.51. The molecule has 0 aliphatic rings. The fourth-order valence-electron chi connectivity index (χ4n) is 0.463. The van der Waals surface area contributed by atoms with Crippen molar-refractivity contribution >= 4 is 23.2 Å². The van der Waals surface area contributed by atoms with Crippen LogP contribution in [0.3, 0.4) is 0 Å². The highest BCUT2D eigenvalue weighted by Gasteiger charge is 2.36. The first-order chi connectivity index (χ1) is 5.25. The molecule has 0 rings (SSSR count). The van der Waals surface area contributed by atoms with Gasteiger partial charge in [-0.1, -0.05) is 13.8 Å². The molecule has 0 bridgehead atoms. The lowest BCUT2D eigenvalue weighted by atomic mass is 10.0. The Labute approximate surface area is 73.9 Å². The summed E-state index contributed by atoms with van der Waals surface area (Å²) in [5.41, 5.74) is 0. The minimum absolute atomic E-state index is 0.423. The van der Waals surface area contributed by atoms with Gasteiger partial charge in [-0.3, -0.25) is 9.59 Å². The summed E-state index contributed by atoms with van der Waals surface area (Å²) < 4.78 is 24.0. The molecule has 12 heavy (non-hydrogen) atoms. The van der Waals surface area contributed by atoms with Crippen molar-refractivity contribution in [3.63, 3.8) is 0 Å². The number of carbonyl (C=O) groups is 2. The Morgan fingerprint density at radius 3 is 2.08 bits per heavy atom. The van der Waals surface area contributed by atoms with Crippen LogP contribution < -0.4 is 0 Å². The van der Waals surface area contributed by atoms with Crippen LogP contribution in [0, 0.1) is 5.92 Å². The molecule has 0 aliphatic heterocycles. The summed E-state index contributed by atoms with van der Waals surface area (Å²) in [5, 5.41) is -3.91. The zero-order chi connectivity index (χ0) is 9.94. The molecule has 0 spiro atoms. The van der Waals surface area contributed by atoms with E-state index in [1.807, 2.05) is 0 Å². The molecule has 0 aromatic rings. The van der Waals surface area contributed by atoms with Crippen molar-refractivity contribution in [2.45, 2.75) is 25.7 Å². The van der Waals surface area contributed by atoms with E-state index in [9.17, 15) is 18.4 Å². The van der Waals surface area contributed by atoms with Crippen LogP contribution in [0.1, 0.15) is 20.3 Å². The van der Waals surface area contributed by atoms with Crippen LogP contribution in [-0.4, -0.2) is 16.9 Å². The van der Waals surface area contributed by atoms with Crippen molar-refractivity contribution in [3.05, 3.63) is 0 Å². The molecule has 0 aromatic carbocycles. The number of ketones is 2. The fraction of sp³-hybridized carbons (Fsp3) is 0.714. The van der Waals surface area contributed by atoms with Crippen LogP contribution in [-0.2, 0) is 9.59 Å². The average Bonchev–Trinajstić information content (AvgIpc) is 1.85. The molecule has 2 nitrogen and oxygen atoms in total. The van der Waals surface area contributed by atoms with Crippen molar-refractivity contribution < 1.29 is 18.4 Å². The van der Waals surface area contributed by atoms with Crippen LogP contribution in [0.4, 0.5) is 8.78 Å². The zero-order valence-electron chi connectivity index (χ0n) is 6.73. The molecular formula is C7H9ClF2O2. The Bertz CT molecular complexity index is 196. The van der Waals surface area contributed by atoms with Gasteiger partial charge in [-0.25, -0.2) is 0 Å². The van der Waals surface area contributed by atoms with E-state index in [4.69, 9.17) is 0 Å². The van der Waals surface area contributed by atoms with Gasteiger partial charge in [0.2, 0.25) is 5.78 Å². The van der Waals surface area contributed by atoms with Gasteiger partial charge in [0.1, 0.15) is 5.78 Å². The standard InChI is InChI=1S/C7H9ClF2O2/c1-4(2)5(11)3-6(12)7(8,9)10/h4H,3H2,1-2H3. The molecular weight excluding hydrogens is 190 g/mol. The first kappa shape index (κ1) is 11.5. The third-order valence-electron chi connectivity index (χ3n) is 1.29. The second kappa shape index (κ2) is 3.94. The topological polar surface area (TPSA) is 34.1 Å². The normalized spacial score (nSPS) is 11.8. The Balaban J connectivity index is 4.12. The molecule has 0 amide bonds. The summed E-state index contributed by atoms with van der Waals surface area (Å²) in [4.78, 5) is 21.3. The van der Waals surface area contributed by atoms with Gasteiger partial charge in [-0.05, 0) is 11.6 Å². The van der Waals surface area contributed by atoms with Crippen molar-refractivity contribution in [1.29, 1.82) is 0 Å². The van der Waals surface area contributed by atoms with Crippen LogP contribution in [0.5, 0.6) is 0 Å². The Morgan fingerprint density at radius 2 is 1.83 bits per heavy atom. The molecule has 0 N–H and O–H groups in total. The molecule has 0 atom stereocenters. The summed E-state index contributed by atoms with van der Waals surface area (Å²) in [6.07, 6.45) is -0.797. The van der Waals surface area contributed by atoms with E-state index >= 15 is 0 Å². The van der Waals surface area contributed by atoms with Crippen LogP contribution in [0.25, 0.3) is 0 Å². The maximum Gasteiger partial charge on any atom is 0.380 e. The van der Waals surface area contributed by atoms with Crippen LogP contribution >= 0.6 is 11.6 Å². The number of hydrogen-bond acceptors (Lipinski definition) is 2.